The van der Waals surface area contributed by atoms with Gasteiger partial charge in [-0.25, -0.2) is 0 Å². The number of ether oxygens (including phenoxy) is 1. The Kier molecular flexibility index (Phi) is 4.01. The Balaban J connectivity index is 1.89. The van der Waals surface area contributed by atoms with Crippen LogP contribution in [-0.2, 0) is 4.79 Å². The summed E-state index contributed by atoms with van der Waals surface area (Å²) in [5, 5.41) is 6.61. The lowest BCUT2D eigenvalue weighted by molar-refractivity contribution is -0.118. The average Bonchev–Trinajstić information content (AvgIpc) is 2.73. The third-order valence-corrected chi connectivity index (χ3v) is 2.50. The molecule has 7 heteroatoms. The lowest BCUT2D eigenvalue weighted by atomic mass is 10.2. The van der Waals surface area contributed by atoms with Gasteiger partial charge in [-0.2, -0.15) is 4.98 Å². The molecular formula is C12H12ClN3O3. The van der Waals surface area contributed by atoms with E-state index < -0.39 is 0 Å². The van der Waals surface area contributed by atoms with Gasteiger partial charge in [0, 0.05) is 5.02 Å². The minimum absolute atomic E-state index is 0.0546. The first-order valence-corrected chi connectivity index (χ1v) is 5.91. The van der Waals surface area contributed by atoms with Crippen LogP contribution in [-0.4, -0.2) is 22.7 Å². The summed E-state index contributed by atoms with van der Waals surface area (Å²) in [6.45, 7) is 3.36. The number of amides is 1. The number of nitrogens with one attached hydrogen (secondary N) is 1. The highest BCUT2D eigenvalue weighted by Gasteiger charge is 2.09. The number of hydrogen-bond acceptors (Lipinski definition) is 5. The Morgan fingerprint density at radius 1 is 1.47 bits per heavy atom. The molecule has 0 radical (unpaired) electrons. The van der Waals surface area contributed by atoms with Crippen LogP contribution in [0, 0.1) is 13.8 Å². The lowest BCUT2D eigenvalue weighted by Gasteiger charge is -2.08. The SMILES string of the molecule is Cc1noc(NC(=O)COc2ccc(Cl)cc2C)n1. The van der Waals surface area contributed by atoms with E-state index in [4.69, 9.17) is 20.9 Å². The fourth-order valence-corrected chi connectivity index (χ4v) is 1.65. The molecule has 0 aliphatic heterocycles. The highest BCUT2D eigenvalue weighted by molar-refractivity contribution is 6.30. The van der Waals surface area contributed by atoms with Gasteiger partial charge in [-0.1, -0.05) is 16.8 Å². The van der Waals surface area contributed by atoms with Crippen LogP contribution in [0.3, 0.4) is 0 Å². The molecule has 0 aliphatic carbocycles. The van der Waals surface area contributed by atoms with E-state index in [9.17, 15) is 4.79 Å². The van der Waals surface area contributed by atoms with Crippen LogP contribution in [0.15, 0.2) is 22.7 Å². The molecule has 1 amide bonds. The zero-order chi connectivity index (χ0) is 13.8. The van der Waals surface area contributed by atoms with E-state index in [1.165, 1.54) is 0 Å². The smallest absolute Gasteiger partial charge is 0.328 e. The molecule has 0 fully saturated rings. The van der Waals surface area contributed by atoms with Gasteiger partial charge < -0.3 is 9.26 Å². The predicted molar refractivity (Wildman–Crippen MR) is 69.3 cm³/mol. The maximum Gasteiger partial charge on any atom is 0.328 e. The van der Waals surface area contributed by atoms with Crippen molar-refractivity contribution in [2.24, 2.45) is 0 Å². The van der Waals surface area contributed by atoms with Gasteiger partial charge in [0.2, 0.25) is 0 Å². The van der Waals surface area contributed by atoms with Gasteiger partial charge >= 0.3 is 6.01 Å². The van der Waals surface area contributed by atoms with Crippen molar-refractivity contribution >= 4 is 23.5 Å². The quantitative estimate of drug-likeness (QED) is 0.931. The van der Waals surface area contributed by atoms with Crippen LogP contribution >= 0.6 is 11.6 Å². The summed E-state index contributed by atoms with van der Waals surface area (Å²) < 4.78 is 10.1. The molecule has 1 N–H and O–H groups in total. The molecule has 2 aromatic rings. The first-order valence-electron chi connectivity index (χ1n) is 5.54. The van der Waals surface area contributed by atoms with Crippen molar-refractivity contribution in [2.45, 2.75) is 13.8 Å². The minimum Gasteiger partial charge on any atom is -0.483 e. The third-order valence-electron chi connectivity index (χ3n) is 2.27. The van der Waals surface area contributed by atoms with E-state index in [0.717, 1.165) is 5.56 Å². The normalized spacial score (nSPS) is 10.3. The average molecular weight is 282 g/mol. The second-order valence-electron chi connectivity index (χ2n) is 3.89. The zero-order valence-electron chi connectivity index (χ0n) is 10.4. The molecule has 0 aliphatic rings. The maximum atomic E-state index is 11.6. The van der Waals surface area contributed by atoms with Crippen LogP contribution in [0.5, 0.6) is 5.75 Å². The molecule has 1 heterocycles. The van der Waals surface area contributed by atoms with Gasteiger partial charge in [-0.3, -0.25) is 10.1 Å². The molecule has 0 saturated carbocycles. The Morgan fingerprint density at radius 2 is 2.26 bits per heavy atom. The fraction of sp³-hybridized carbons (Fsp3) is 0.250. The summed E-state index contributed by atoms with van der Waals surface area (Å²) >= 11 is 5.83. The number of benzene rings is 1. The fourth-order valence-electron chi connectivity index (χ4n) is 1.42. The van der Waals surface area contributed by atoms with Crippen molar-refractivity contribution in [3.8, 4) is 5.75 Å². The summed E-state index contributed by atoms with van der Waals surface area (Å²) in [6, 6.07) is 5.22. The lowest BCUT2D eigenvalue weighted by Crippen LogP contribution is -2.20. The number of aromatic nitrogens is 2. The summed E-state index contributed by atoms with van der Waals surface area (Å²) in [6.07, 6.45) is 0. The molecule has 2 rings (SSSR count). The van der Waals surface area contributed by atoms with Crippen LogP contribution in [0.25, 0.3) is 0 Å². The largest absolute Gasteiger partial charge is 0.483 e. The minimum atomic E-state index is -0.377. The molecular weight excluding hydrogens is 270 g/mol. The van der Waals surface area contributed by atoms with E-state index in [-0.39, 0.29) is 18.5 Å². The second-order valence-corrected chi connectivity index (χ2v) is 4.33. The Bertz CT molecular complexity index is 598. The molecule has 19 heavy (non-hydrogen) atoms. The van der Waals surface area contributed by atoms with E-state index in [0.29, 0.717) is 16.6 Å². The summed E-state index contributed by atoms with van der Waals surface area (Å²) in [5.74, 6) is 0.670. The summed E-state index contributed by atoms with van der Waals surface area (Å²) in [4.78, 5) is 15.4. The highest BCUT2D eigenvalue weighted by atomic mass is 35.5. The van der Waals surface area contributed by atoms with Gasteiger partial charge in [0.15, 0.2) is 12.4 Å². The molecule has 0 spiro atoms. The van der Waals surface area contributed by atoms with E-state index in [1.54, 1.807) is 25.1 Å². The molecule has 0 saturated heterocycles. The summed E-state index contributed by atoms with van der Waals surface area (Å²) in [5.41, 5.74) is 0.855. The molecule has 0 bridgehead atoms. The number of carbonyl (C=O) groups excluding carboxylic acids is 1. The van der Waals surface area contributed by atoms with Crippen LogP contribution < -0.4 is 10.1 Å². The first kappa shape index (κ1) is 13.4. The van der Waals surface area contributed by atoms with Crippen LogP contribution in [0.4, 0.5) is 6.01 Å². The van der Waals surface area contributed by atoms with Crippen molar-refractivity contribution in [1.29, 1.82) is 0 Å². The molecule has 100 valence electrons. The summed E-state index contributed by atoms with van der Waals surface area (Å²) in [7, 11) is 0. The Hall–Kier alpha value is -2.08. The van der Waals surface area contributed by atoms with Gasteiger partial charge in [0.25, 0.3) is 5.91 Å². The number of halogens is 1. The van der Waals surface area contributed by atoms with Gasteiger partial charge in [0.1, 0.15) is 5.75 Å². The number of rotatable bonds is 4. The topological polar surface area (TPSA) is 77.2 Å². The number of anilines is 1. The van der Waals surface area contributed by atoms with Crippen molar-refractivity contribution in [1.82, 2.24) is 10.1 Å². The molecule has 0 unspecified atom stereocenters. The van der Waals surface area contributed by atoms with Crippen molar-refractivity contribution < 1.29 is 14.1 Å². The number of nitrogens with zero attached hydrogens (tertiary/aromatic N) is 2. The van der Waals surface area contributed by atoms with E-state index in [2.05, 4.69) is 15.5 Å². The number of hydrogen-bond donors (Lipinski definition) is 1. The monoisotopic (exact) mass is 281 g/mol. The van der Waals surface area contributed by atoms with E-state index >= 15 is 0 Å². The number of carbonyl (C=O) groups is 1. The van der Waals surface area contributed by atoms with Gasteiger partial charge in [-0.05, 0) is 37.6 Å². The van der Waals surface area contributed by atoms with Gasteiger partial charge in [0.05, 0.1) is 0 Å². The van der Waals surface area contributed by atoms with E-state index in [1.807, 2.05) is 6.92 Å². The Morgan fingerprint density at radius 3 is 2.89 bits per heavy atom. The molecule has 6 nitrogen and oxygen atoms in total. The van der Waals surface area contributed by atoms with Crippen LogP contribution in [0.1, 0.15) is 11.4 Å². The second kappa shape index (κ2) is 5.71. The van der Waals surface area contributed by atoms with Crippen molar-refractivity contribution in [2.75, 3.05) is 11.9 Å². The zero-order valence-corrected chi connectivity index (χ0v) is 11.2. The predicted octanol–water partition coefficient (Wildman–Crippen LogP) is 2.36. The highest BCUT2D eigenvalue weighted by Crippen LogP contribution is 2.21. The molecule has 0 atom stereocenters. The van der Waals surface area contributed by atoms with Crippen molar-refractivity contribution in [3.63, 3.8) is 0 Å². The number of aryl methyl sites for hydroxylation is 2. The molecule has 1 aromatic carbocycles. The Labute approximate surface area is 114 Å². The molecule has 1 aromatic heterocycles. The van der Waals surface area contributed by atoms with Crippen LogP contribution in [0.2, 0.25) is 5.02 Å². The van der Waals surface area contributed by atoms with Gasteiger partial charge in [-0.15, -0.1) is 0 Å². The third kappa shape index (κ3) is 3.69. The first-order chi connectivity index (χ1) is 9.04. The van der Waals surface area contributed by atoms with Crippen molar-refractivity contribution in [3.05, 3.63) is 34.6 Å². The standard InChI is InChI=1S/C12H12ClN3O3/c1-7-5-9(13)3-4-10(7)18-6-11(17)15-12-14-8(2)16-19-12/h3-5H,6H2,1-2H3,(H,14,15,16,17). The maximum absolute atomic E-state index is 11.6.